The van der Waals surface area contributed by atoms with Crippen molar-refractivity contribution in [2.45, 2.75) is 0 Å². The van der Waals surface area contributed by atoms with Gasteiger partial charge in [-0.25, -0.2) is 9.59 Å². The second-order valence-electron chi connectivity index (χ2n) is 4.76. The minimum Gasteiger partial charge on any atom is -0.478 e. The Kier molecular flexibility index (Phi) is 4.36. The lowest BCUT2D eigenvalue weighted by atomic mass is 9.94. The molecule has 0 radical (unpaired) electrons. The molecule has 0 bridgehead atoms. The van der Waals surface area contributed by atoms with Crippen LogP contribution in [0, 0.1) is 0 Å². The lowest BCUT2D eigenvalue weighted by molar-refractivity contribution is 0.0695. The van der Waals surface area contributed by atoms with Gasteiger partial charge in [0.2, 0.25) is 0 Å². The second kappa shape index (κ2) is 6.24. The molecule has 0 unspecified atom stereocenters. The number of benzene rings is 1. The number of pyridine rings is 1. The first-order valence-corrected chi connectivity index (χ1v) is 6.62. The Morgan fingerprint density at radius 2 is 1.58 bits per heavy atom. The number of nitrogens with two attached hydrogens (primary N) is 1. The smallest absolute Gasteiger partial charge is 0.342 e. The molecule has 24 heavy (non-hydrogen) atoms. The zero-order valence-corrected chi connectivity index (χ0v) is 12.4. The van der Waals surface area contributed by atoms with Crippen LogP contribution in [0.4, 0.5) is 5.82 Å². The molecule has 2 aromatic rings. The molecule has 0 aliphatic heterocycles. The first-order valence-electron chi connectivity index (χ1n) is 6.62. The summed E-state index contributed by atoms with van der Waals surface area (Å²) >= 11 is 0. The molecule has 0 spiro atoms. The summed E-state index contributed by atoms with van der Waals surface area (Å²) in [4.78, 5) is 48.3. The van der Waals surface area contributed by atoms with Gasteiger partial charge in [-0.15, -0.1) is 0 Å². The van der Waals surface area contributed by atoms with Gasteiger partial charge in [0.15, 0.2) is 0 Å². The fourth-order valence-electron chi connectivity index (χ4n) is 2.27. The standard InChI is InChI=1S/C15H13N3O6/c1-17-12(19)7-4-2-6(3-5-7)8-9(14(21)22)11(16)18-13(20)10(8)15(23)24/h2-5H,1H3,(H,17,19)(H,21,22)(H,23,24)(H3,16,18,20). The van der Waals surface area contributed by atoms with Crippen LogP contribution in [-0.4, -0.2) is 40.1 Å². The molecule has 0 atom stereocenters. The summed E-state index contributed by atoms with van der Waals surface area (Å²) in [5.41, 5.74) is 3.35. The van der Waals surface area contributed by atoms with E-state index in [1.807, 2.05) is 4.98 Å². The largest absolute Gasteiger partial charge is 0.478 e. The number of amides is 1. The van der Waals surface area contributed by atoms with Crippen LogP contribution >= 0.6 is 0 Å². The molecule has 2 rings (SSSR count). The van der Waals surface area contributed by atoms with E-state index in [9.17, 15) is 29.4 Å². The van der Waals surface area contributed by atoms with Gasteiger partial charge in [0.05, 0.1) is 0 Å². The van der Waals surface area contributed by atoms with Crippen molar-refractivity contribution < 1.29 is 24.6 Å². The number of anilines is 1. The Balaban J connectivity index is 2.81. The van der Waals surface area contributed by atoms with Crippen molar-refractivity contribution in [2.24, 2.45) is 0 Å². The van der Waals surface area contributed by atoms with Crippen molar-refractivity contribution in [3.05, 3.63) is 51.3 Å². The quantitative estimate of drug-likeness (QED) is 0.540. The molecule has 0 saturated heterocycles. The maximum Gasteiger partial charge on any atom is 0.342 e. The third-order valence-electron chi connectivity index (χ3n) is 3.34. The van der Waals surface area contributed by atoms with E-state index in [4.69, 9.17) is 5.73 Å². The fourth-order valence-corrected chi connectivity index (χ4v) is 2.27. The van der Waals surface area contributed by atoms with Gasteiger partial charge in [0.25, 0.3) is 11.5 Å². The Labute approximate surface area is 134 Å². The van der Waals surface area contributed by atoms with Crippen LogP contribution < -0.4 is 16.6 Å². The van der Waals surface area contributed by atoms with E-state index in [-0.39, 0.29) is 22.6 Å². The lowest BCUT2D eigenvalue weighted by Gasteiger charge is -2.12. The molecule has 1 amide bonds. The molecule has 6 N–H and O–H groups in total. The number of aromatic nitrogens is 1. The van der Waals surface area contributed by atoms with Gasteiger partial charge in [-0.1, -0.05) is 12.1 Å². The average molecular weight is 331 g/mol. The maximum absolute atomic E-state index is 11.9. The van der Waals surface area contributed by atoms with Gasteiger partial charge < -0.3 is 26.2 Å². The molecule has 9 nitrogen and oxygen atoms in total. The summed E-state index contributed by atoms with van der Waals surface area (Å²) < 4.78 is 0. The number of carbonyl (C=O) groups is 3. The molecule has 0 aliphatic rings. The number of nitrogen functional groups attached to an aromatic ring is 1. The zero-order valence-electron chi connectivity index (χ0n) is 12.4. The molecule has 124 valence electrons. The van der Waals surface area contributed by atoms with Crippen LogP contribution in [-0.2, 0) is 0 Å². The van der Waals surface area contributed by atoms with Crippen LogP contribution in [0.25, 0.3) is 11.1 Å². The van der Waals surface area contributed by atoms with E-state index in [0.29, 0.717) is 0 Å². The van der Waals surface area contributed by atoms with E-state index in [0.717, 1.165) is 0 Å². The minimum absolute atomic E-state index is 0.134. The van der Waals surface area contributed by atoms with Crippen LogP contribution in [0.2, 0.25) is 0 Å². The Morgan fingerprint density at radius 3 is 2.04 bits per heavy atom. The summed E-state index contributed by atoms with van der Waals surface area (Å²) in [6.07, 6.45) is 0. The number of carboxylic acid groups (broad SMARTS) is 2. The summed E-state index contributed by atoms with van der Waals surface area (Å²) in [7, 11) is 1.44. The summed E-state index contributed by atoms with van der Waals surface area (Å²) in [6, 6.07) is 5.45. The van der Waals surface area contributed by atoms with Crippen molar-refractivity contribution >= 4 is 23.7 Å². The summed E-state index contributed by atoms with van der Waals surface area (Å²) in [5.74, 6) is -3.91. The number of carboxylic acids is 2. The van der Waals surface area contributed by atoms with Crippen molar-refractivity contribution in [1.29, 1.82) is 0 Å². The normalized spacial score (nSPS) is 10.2. The van der Waals surface area contributed by atoms with Crippen LogP contribution in [0.15, 0.2) is 29.1 Å². The first-order chi connectivity index (χ1) is 11.3. The third-order valence-corrected chi connectivity index (χ3v) is 3.34. The average Bonchev–Trinajstić information content (AvgIpc) is 2.52. The molecule has 1 aromatic heterocycles. The van der Waals surface area contributed by atoms with Gasteiger partial charge in [0, 0.05) is 18.2 Å². The number of aromatic amines is 1. The van der Waals surface area contributed by atoms with Crippen molar-refractivity contribution in [3.63, 3.8) is 0 Å². The van der Waals surface area contributed by atoms with Gasteiger partial charge in [-0.3, -0.25) is 9.59 Å². The highest BCUT2D eigenvalue weighted by atomic mass is 16.4. The van der Waals surface area contributed by atoms with E-state index in [1.165, 1.54) is 31.3 Å². The highest BCUT2D eigenvalue weighted by Crippen LogP contribution is 2.29. The topological polar surface area (TPSA) is 163 Å². The van der Waals surface area contributed by atoms with E-state index in [2.05, 4.69) is 5.32 Å². The number of nitrogens with one attached hydrogen (secondary N) is 2. The van der Waals surface area contributed by atoms with Gasteiger partial charge in [0.1, 0.15) is 16.9 Å². The molecule has 0 aliphatic carbocycles. The number of hydrogen-bond donors (Lipinski definition) is 5. The van der Waals surface area contributed by atoms with E-state index < -0.39 is 34.4 Å². The second-order valence-corrected chi connectivity index (χ2v) is 4.76. The predicted octanol–water partition coefficient (Wildman–Crippen LogP) is 0.380. The van der Waals surface area contributed by atoms with Crippen molar-refractivity contribution in [3.8, 4) is 11.1 Å². The molecule has 0 fully saturated rings. The molecule has 1 aromatic carbocycles. The molecular weight excluding hydrogens is 318 g/mol. The third kappa shape index (κ3) is 2.82. The van der Waals surface area contributed by atoms with Crippen LogP contribution in [0.3, 0.4) is 0 Å². The molecule has 9 heteroatoms. The zero-order chi connectivity index (χ0) is 18.0. The molecule has 0 saturated carbocycles. The van der Waals surface area contributed by atoms with E-state index in [1.54, 1.807) is 0 Å². The number of hydrogen-bond acceptors (Lipinski definition) is 5. The lowest BCUT2D eigenvalue weighted by Crippen LogP contribution is -2.24. The Hall–Kier alpha value is -3.62. The number of H-pyrrole nitrogens is 1. The predicted molar refractivity (Wildman–Crippen MR) is 84.2 cm³/mol. The van der Waals surface area contributed by atoms with Gasteiger partial charge >= 0.3 is 11.9 Å². The number of carbonyl (C=O) groups excluding carboxylic acids is 1. The van der Waals surface area contributed by atoms with Crippen LogP contribution in [0.1, 0.15) is 31.1 Å². The molecule has 1 heterocycles. The number of aromatic carboxylic acids is 2. The minimum atomic E-state index is -1.59. The summed E-state index contributed by atoms with van der Waals surface area (Å²) in [6.45, 7) is 0. The summed E-state index contributed by atoms with van der Waals surface area (Å²) in [5, 5.41) is 21.0. The van der Waals surface area contributed by atoms with Gasteiger partial charge in [-0.05, 0) is 17.7 Å². The van der Waals surface area contributed by atoms with Gasteiger partial charge in [-0.2, -0.15) is 0 Å². The Morgan fingerprint density at radius 1 is 1.04 bits per heavy atom. The first kappa shape index (κ1) is 16.7. The van der Waals surface area contributed by atoms with Crippen molar-refractivity contribution in [1.82, 2.24) is 10.3 Å². The monoisotopic (exact) mass is 331 g/mol. The molecular formula is C15H13N3O6. The fraction of sp³-hybridized carbons (Fsp3) is 0.0667. The van der Waals surface area contributed by atoms with Crippen molar-refractivity contribution in [2.75, 3.05) is 12.8 Å². The van der Waals surface area contributed by atoms with E-state index >= 15 is 0 Å². The maximum atomic E-state index is 11.9. The highest BCUT2D eigenvalue weighted by Gasteiger charge is 2.26. The Bertz CT molecular complexity index is 899. The SMILES string of the molecule is CNC(=O)c1ccc(-c2c(C(=O)O)c(N)[nH]c(=O)c2C(=O)O)cc1. The van der Waals surface area contributed by atoms with Crippen LogP contribution in [0.5, 0.6) is 0 Å². The number of rotatable bonds is 4. The highest BCUT2D eigenvalue weighted by molar-refractivity contribution is 6.07.